The van der Waals surface area contributed by atoms with Gasteiger partial charge in [0.1, 0.15) is 0 Å². The zero-order chi connectivity index (χ0) is 12.3. The van der Waals surface area contributed by atoms with Crippen molar-refractivity contribution >= 4 is 23.4 Å². The first kappa shape index (κ1) is 12.5. The van der Waals surface area contributed by atoms with E-state index in [1.807, 2.05) is 48.7 Å². The van der Waals surface area contributed by atoms with E-state index >= 15 is 0 Å². The van der Waals surface area contributed by atoms with Crippen LogP contribution in [0.3, 0.4) is 0 Å². The van der Waals surface area contributed by atoms with Gasteiger partial charge in [-0.1, -0.05) is 26.0 Å². The Labute approximate surface area is 107 Å². The molecule has 0 radical (unpaired) electrons. The molecule has 1 aliphatic rings. The van der Waals surface area contributed by atoms with Crippen molar-refractivity contribution in [1.82, 2.24) is 5.32 Å². The van der Waals surface area contributed by atoms with E-state index in [2.05, 4.69) is 11.4 Å². The second-order valence-electron chi connectivity index (χ2n) is 4.40. The van der Waals surface area contributed by atoms with E-state index in [9.17, 15) is 4.79 Å². The minimum absolute atomic E-state index is 0.159. The molecule has 1 aromatic carbocycles. The summed E-state index contributed by atoms with van der Waals surface area (Å²) in [5.74, 6) is 1.14. The number of nitrogens with zero attached hydrogens (tertiary/aromatic N) is 1. The lowest BCUT2D eigenvalue weighted by Gasteiger charge is -2.29. The summed E-state index contributed by atoms with van der Waals surface area (Å²) in [4.78, 5) is 15.2. The molecule has 92 valence electrons. The highest BCUT2D eigenvalue weighted by molar-refractivity contribution is 7.99. The van der Waals surface area contributed by atoms with Crippen LogP contribution in [0.5, 0.6) is 0 Å². The maximum atomic E-state index is 12.1. The normalized spacial score (nSPS) is 14.9. The molecule has 1 aliphatic heterocycles. The number of benzene rings is 1. The Hall–Kier alpha value is -1.00. The molecule has 0 atom stereocenters. The number of thioether (sulfide) groups is 1. The predicted octanol–water partition coefficient (Wildman–Crippen LogP) is 2.12. The lowest BCUT2D eigenvalue weighted by Crippen LogP contribution is -2.42. The number of carbonyl (C=O) groups excluding carboxylic acids is 1. The number of hydrogen-bond acceptors (Lipinski definition) is 3. The number of rotatable bonds is 3. The largest absolute Gasteiger partial charge is 0.309 e. The van der Waals surface area contributed by atoms with Gasteiger partial charge in [-0.05, 0) is 12.1 Å². The number of carbonyl (C=O) groups is 1. The van der Waals surface area contributed by atoms with Crippen LogP contribution in [0.15, 0.2) is 29.2 Å². The van der Waals surface area contributed by atoms with Gasteiger partial charge < -0.3 is 10.2 Å². The summed E-state index contributed by atoms with van der Waals surface area (Å²) in [5.41, 5.74) is 1.05. The smallest absolute Gasteiger partial charge is 0.241 e. The van der Waals surface area contributed by atoms with Gasteiger partial charge in [0.2, 0.25) is 5.91 Å². The Morgan fingerprint density at radius 3 is 3.00 bits per heavy atom. The van der Waals surface area contributed by atoms with Gasteiger partial charge in [0.15, 0.2) is 0 Å². The monoisotopic (exact) mass is 250 g/mol. The predicted molar refractivity (Wildman–Crippen MR) is 72.7 cm³/mol. The Bertz CT molecular complexity index is 406. The Morgan fingerprint density at radius 1 is 1.47 bits per heavy atom. The number of hydrogen-bond donors (Lipinski definition) is 1. The van der Waals surface area contributed by atoms with Crippen molar-refractivity contribution in [1.29, 1.82) is 0 Å². The molecular weight excluding hydrogens is 232 g/mol. The van der Waals surface area contributed by atoms with E-state index in [0.717, 1.165) is 18.0 Å². The fraction of sp³-hybridized carbons (Fsp3) is 0.462. The van der Waals surface area contributed by atoms with E-state index in [0.29, 0.717) is 12.6 Å². The SMILES string of the molecule is CC(C)NCC(=O)N1CCSc2ccccc21. The van der Waals surface area contributed by atoms with Crippen LogP contribution < -0.4 is 10.2 Å². The number of nitrogens with one attached hydrogen (secondary N) is 1. The molecule has 0 saturated carbocycles. The third-order valence-corrected chi connectivity index (χ3v) is 3.73. The first-order valence-corrected chi connectivity index (χ1v) is 6.92. The number of amides is 1. The Kier molecular flexibility index (Phi) is 4.07. The number of anilines is 1. The van der Waals surface area contributed by atoms with Crippen molar-refractivity contribution in [2.75, 3.05) is 23.7 Å². The average Bonchev–Trinajstić information content (AvgIpc) is 2.35. The van der Waals surface area contributed by atoms with Gasteiger partial charge in [-0.3, -0.25) is 4.79 Å². The van der Waals surface area contributed by atoms with E-state index < -0.39 is 0 Å². The highest BCUT2D eigenvalue weighted by atomic mass is 32.2. The van der Waals surface area contributed by atoms with Crippen molar-refractivity contribution in [2.45, 2.75) is 24.8 Å². The maximum absolute atomic E-state index is 12.1. The van der Waals surface area contributed by atoms with Gasteiger partial charge in [-0.15, -0.1) is 11.8 Å². The van der Waals surface area contributed by atoms with Gasteiger partial charge in [0.05, 0.1) is 12.2 Å². The van der Waals surface area contributed by atoms with E-state index in [4.69, 9.17) is 0 Å². The van der Waals surface area contributed by atoms with Crippen LogP contribution in [0.25, 0.3) is 0 Å². The van der Waals surface area contributed by atoms with Crippen LogP contribution in [0.4, 0.5) is 5.69 Å². The standard InChI is InChI=1S/C13H18N2OS/c1-10(2)14-9-13(16)15-7-8-17-12-6-4-3-5-11(12)15/h3-6,10,14H,7-9H2,1-2H3. The molecule has 17 heavy (non-hydrogen) atoms. The molecule has 0 aromatic heterocycles. The molecule has 1 amide bonds. The minimum Gasteiger partial charge on any atom is -0.309 e. The molecule has 0 unspecified atom stereocenters. The fourth-order valence-electron chi connectivity index (χ4n) is 1.82. The average molecular weight is 250 g/mol. The molecule has 1 aromatic rings. The number of para-hydroxylation sites is 1. The van der Waals surface area contributed by atoms with Gasteiger partial charge in [0, 0.05) is 23.2 Å². The molecule has 1 N–H and O–H groups in total. The Morgan fingerprint density at radius 2 is 2.24 bits per heavy atom. The lowest BCUT2D eigenvalue weighted by atomic mass is 10.2. The van der Waals surface area contributed by atoms with Crippen molar-refractivity contribution in [3.8, 4) is 0 Å². The van der Waals surface area contributed by atoms with Crippen molar-refractivity contribution in [2.24, 2.45) is 0 Å². The highest BCUT2D eigenvalue weighted by Gasteiger charge is 2.22. The quantitative estimate of drug-likeness (QED) is 0.892. The first-order valence-electron chi connectivity index (χ1n) is 5.94. The fourth-order valence-corrected chi connectivity index (χ4v) is 2.81. The lowest BCUT2D eigenvalue weighted by molar-refractivity contribution is -0.117. The summed E-state index contributed by atoms with van der Waals surface area (Å²) in [6, 6.07) is 8.45. The van der Waals surface area contributed by atoms with Crippen LogP contribution in [0.2, 0.25) is 0 Å². The van der Waals surface area contributed by atoms with Crippen molar-refractivity contribution < 1.29 is 4.79 Å². The second-order valence-corrected chi connectivity index (χ2v) is 5.53. The van der Waals surface area contributed by atoms with Crippen LogP contribution in [0.1, 0.15) is 13.8 Å². The molecule has 4 heteroatoms. The van der Waals surface area contributed by atoms with E-state index in [-0.39, 0.29) is 5.91 Å². The molecule has 1 heterocycles. The summed E-state index contributed by atoms with van der Waals surface area (Å²) < 4.78 is 0. The summed E-state index contributed by atoms with van der Waals surface area (Å²) in [6.07, 6.45) is 0. The third kappa shape index (κ3) is 3.01. The molecular formula is C13H18N2OS. The zero-order valence-corrected chi connectivity index (χ0v) is 11.1. The van der Waals surface area contributed by atoms with Gasteiger partial charge >= 0.3 is 0 Å². The summed E-state index contributed by atoms with van der Waals surface area (Å²) in [5, 5.41) is 3.18. The van der Waals surface area contributed by atoms with Crippen LogP contribution in [0, 0.1) is 0 Å². The van der Waals surface area contributed by atoms with Crippen LogP contribution in [-0.4, -0.2) is 30.8 Å². The van der Waals surface area contributed by atoms with E-state index in [1.165, 1.54) is 4.90 Å². The molecule has 3 nitrogen and oxygen atoms in total. The topological polar surface area (TPSA) is 32.3 Å². The second kappa shape index (κ2) is 5.56. The van der Waals surface area contributed by atoms with Gasteiger partial charge in [-0.25, -0.2) is 0 Å². The molecule has 2 rings (SSSR count). The van der Waals surface area contributed by atoms with Gasteiger partial charge in [-0.2, -0.15) is 0 Å². The molecule has 0 spiro atoms. The summed E-state index contributed by atoms with van der Waals surface area (Å²) in [6.45, 7) is 5.32. The Balaban J connectivity index is 2.10. The minimum atomic E-state index is 0.159. The summed E-state index contributed by atoms with van der Waals surface area (Å²) in [7, 11) is 0. The molecule has 0 aliphatic carbocycles. The molecule has 0 saturated heterocycles. The van der Waals surface area contributed by atoms with Gasteiger partial charge in [0.25, 0.3) is 0 Å². The third-order valence-electron chi connectivity index (χ3n) is 2.69. The number of fused-ring (bicyclic) bond motifs is 1. The summed E-state index contributed by atoms with van der Waals surface area (Å²) >= 11 is 1.82. The molecule has 0 bridgehead atoms. The first-order chi connectivity index (χ1) is 8.18. The highest BCUT2D eigenvalue weighted by Crippen LogP contribution is 2.34. The van der Waals surface area contributed by atoms with E-state index in [1.54, 1.807) is 0 Å². The zero-order valence-electron chi connectivity index (χ0n) is 10.3. The maximum Gasteiger partial charge on any atom is 0.241 e. The molecule has 0 fully saturated rings. The van der Waals surface area contributed by atoms with Crippen LogP contribution in [-0.2, 0) is 4.79 Å². The van der Waals surface area contributed by atoms with Crippen molar-refractivity contribution in [3.05, 3.63) is 24.3 Å². The van der Waals surface area contributed by atoms with Crippen molar-refractivity contribution in [3.63, 3.8) is 0 Å². The van der Waals surface area contributed by atoms with Crippen LogP contribution >= 0.6 is 11.8 Å².